The Balaban J connectivity index is 1.84. The van der Waals surface area contributed by atoms with Gasteiger partial charge < -0.3 is 9.84 Å². The van der Waals surface area contributed by atoms with Crippen LogP contribution in [0.15, 0.2) is 24.3 Å². The molecule has 1 saturated carbocycles. The van der Waals surface area contributed by atoms with Crippen LogP contribution in [0.5, 0.6) is 5.75 Å². The molecule has 1 aromatic carbocycles. The number of hydrogen-bond donors (Lipinski definition) is 1. The van der Waals surface area contributed by atoms with Gasteiger partial charge >= 0.3 is 0 Å². The fourth-order valence-corrected chi connectivity index (χ4v) is 2.24. The van der Waals surface area contributed by atoms with Crippen LogP contribution < -0.4 is 4.74 Å². The molecule has 0 atom stereocenters. The molecule has 1 aliphatic carbocycles. The predicted octanol–water partition coefficient (Wildman–Crippen LogP) is 2.92. The smallest absolute Gasteiger partial charge is 0.119 e. The highest BCUT2D eigenvalue weighted by atomic mass is 16.5. The zero-order valence-corrected chi connectivity index (χ0v) is 9.86. The van der Waals surface area contributed by atoms with Crippen molar-refractivity contribution in [2.75, 3.05) is 6.61 Å². The Morgan fingerprint density at radius 2 is 1.75 bits per heavy atom. The average Bonchev–Trinajstić information content (AvgIpc) is 2.33. The summed E-state index contributed by atoms with van der Waals surface area (Å²) < 4.78 is 5.92. The van der Waals surface area contributed by atoms with E-state index in [0.29, 0.717) is 18.6 Å². The lowest BCUT2D eigenvalue weighted by atomic mass is 9.88. The van der Waals surface area contributed by atoms with Gasteiger partial charge in [0.05, 0.1) is 6.10 Å². The third-order valence-corrected chi connectivity index (χ3v) is 3.38. The molecule has 1 aromatic rings. The summed E-state index contributed by atoms with van der Waals surface area (Å²) >= 11 is 0. The van der Waals surface area contributed by atoms with E-state index >= 15 is 0 Å². The third kappa shape index (κ3) is 2.99. The molecule has 1 aliphatic rings. The van der Waals surface area contributed by atoms with Crippen LogP contribution in [0, 0.1) is 12.8 Å². The lowest BCUT2D eigenvalue weighted by molar-refractivity contribution is 0.104. The van der Waals surface area contributed by atoms with Gasteiger partial charge in [-0.2, -0.15) is 0 Å². The highest BCUT2D eigenvalue weighted by molar-refractivity contribution is 5.26. The quantitative estimate of drug-likeness (QED) is 0.848. The second-order valence-corrected chi connectivity index (χ2v) is 4.76. The maximum atomic E-state index is 9.06. The Morgan fingerprint density at radius 3 is 2.31 bits per heavy atom. The van der Waals surface area contributed by atoms with E-state index in [2.05, 4.69) is 19.1 Å². The average molecular weight is 220 g/mol. The van der Waals surface area contributed by atoms with E-state index in [-0.39, 0.29) is 0 Å². The van der Waals surface area contributed by atoms with Crippen LogP contribution in [0.1, 0.15) is 31.2 Å². The highest BCUT2D eigenvalue weighted by Crippen LogP contribution is 2.27. The van der Waals surface area contributed by atoms with E-state index in [4.69, 9.17) is 9.84 Å². The van der Waals surface area contributed by atoms with Gasteiger partial charge in [-0.05, 0) is 50.7 Å². The minimum Gasteiger partial charge on any atom is -0.490 e. The maximum Gasteiger partial charge on any atom is 0.119 e. The molecule has 0 unspecified atom stereocenters. The van der Waals surface area contributed by atoms with Gasteiger partial charge in [0.15, 0.2) is 0 Å². The number of rotatable bonds is 3. The number of ether oxygens (including phenoxy) is 1. The zero-order chi connectivity index (χ0) is 11.4. The highest BCUT2D eigenvalue weighted by Gasteiger charge is 2.21. The number of aliphatic hydroxyl groups excluding tert-OH is 1. The largest absolute Gasteiger partial charge is 0.490 e. The molecule has 0 bridgehead atoms. The first-order valence-corrected chi connectivity index (χ1v) is 6.12. The lowest BCUT2D eigenvalue weighted by Gasteiger charge is -2.27. The normalized spacial score (nSPS) is 25.4. The van der Waals surface area contributed by atoms with Gasteiger partial charge in [-0.1, -0.05) is 17.7 Å². The molecular weight excluding hydrogens is 200 g/mol. The van der Waals surface area contributed by atoms with Gasteiger partial charge in [-0.3, -0.25) is 0 Å². The van der Waals surface area contributed by atoms with Gasteiger partial charge in [-0.25, -0.2) is 0 Å². The molecule has 88 valence electrons. The van der Waals surface area contributed by atoms with E-state index in [1.807, 2.05) is 12.1 Å². The summed E-state index contributed by atoms with van der Waals surface area (Å²) in [6, 6.07) is 8.23. The fraction of sp³-hybridized carbons (Fsp3) is 0.571. The molecule has 1 N–H and O–H groups in total. The van der Waals surface area contributed by atoms with Crippen molar-refractivity contribution < 1.29 is 9.84 Å². The van der Waals surface area contributed by atoms with E-state index in [9.17, 15) is 0 Å². The second kappa shape index (κ2) is 5.35. The minimum absolute atomic E-state index is 0.331. The third-order valence-electron chi connectivity index (χ3n) is 3.38. The SMILES string of the molecule is Cc1ccc(OC2CCC(CO)CC2)cc1. The van der Waals surface area contributed by atoms with Crippen molar-refractivity contribution in [3.8, 4) is 5.75 Å². The molecular formula is C14H20O2. The van der Waals surface area contributed by atoms with Crippen molar-refractivity contribution in [1.82, 2.24) is 0 Å². The first-order chi connectivity index (χ1) is 7.78. The van der Waals surface area contributed by atoms with E-state index in [0.717, 1.165) is 31.4 Å². The van der Waals surface area contributed by atoms with E-state index < -0.39 is 0 Å². The summed E-state index contributed by atoms with van der Waals surface area (Å²) in [6.07, 6.45) is 4.66. The molecule has 2 nitrogen and oxygen atoms in total. The van der Waals surface area contributed by atoms with Crippen LogP contribution in [-0.4, -0.2) is 17.8 Å². The number of hydrogen-bond acceptors (Lipinski definition) is 2. The van der Waals surface area contributed by atoms with Gasteiger partial charge in [0, 0.05) is 6.61 Å². The topological polar surface area (TPSA) is 29.5 Å². The van der Waals surface area contributed by atoms with Gasteiger partial charge in [0.1, 0.15) is 5.75 Å². The Bertz CT molecular complexity index is 310. The molecule has 16 heavy (non-hydrogen) atoms. The van der Waals surface area contributed by atoms with Gasteiger partial charge in [0.25, 0.3) is 0 Å². The van der Waals surface area contributed by atoms with E-state index in [1.165, 1.54) is 5.56 Å². The first-order valence-electron chi connectivity index (χ1n) is 6.12. The summed E-state index contributed by atoms with van der Waals surface area (Å²) in [6.45, 7) is 2.41. The summed E-state index contributed by atoms with van der Waals surface area (Å²) in [7, 11) is 0. The van der Waals surface area contributed by atoms with Crippen molar-refractivity contribution >= 4 is 0 Å². The molecule has 1 fully saturated rings. The standard InChI is InChI=1S/C14H20O2/c1-11-2-6-13(7-3-11)16-14-8-4-12(10-15)5-9-14/h2-3,6-7,12,14-15H,4-5,8-10H2,1H3. The summed E-state index contributed by atoms with van der Waals surface area (Å²) in [5.41, 5.74) is 1.26. The molecule has 0 aromatic heterocycles. The lowest BCUT2D eigenvalue weighted by Crippen LogP contribution is -2.25. The van der Waals surface area contributed by atoms with Crippen LogP contribution in [-0.2, 0) is 0 Å². The Hall–Kier alpha value is -1.02. The van der Waals surface area contributed by atoms with Gasteiger partial charge in [0.2, 0.25) is 0 Å². The van der Waals surface area contributed by atoms with Crippen LogP contribution >= 0.6 is 0 Å². The van der Waals surface area contributed by atoms with Crippen LogP contribution in [0.25, 0.3) is 0 Å². The molecule has 0 aliphatic heterocycles. The Morgan fingerprint density at radius 1 is 1.12 bits per heavy atom. The monoisotopic (exact) mass is 220 g/mol. The summed E-state index contributed by atoms with van der Waals surface area (Å²) in [4.78, 5) is 0. The van der Waals surface area contributed by atoms with Crippen molar-refractivity contribution in [3.05, 3.63) is 29.8 Å². The number of benzene rings is 1. The van der Waals surface area contributed by atoms with Crippen molar-refractivity contribution in [2.45, 2.75) is 38.7 Å². The Kier molecular flexibility index (Phi) is 3.83. The Labute approximate surface area is 97.3 Å². The summed E-state index contributed by atoms with van der Waals surface area (Å²) in [5, 5.41) is 9.06. The number of aryl methyl sites for hydroxylation is 1. The molecule has 0 radical (unpaired) electrons. The first kappa shape index (κ1) is 11.5. The van der Waals surface area contributed by atoms with Crippen LogP contribution in [0.4, 0.5) is 0 Å². The van der Waals surface area contributed by atoms with Crippen molar-refractivity contribution in [3.63, 3.8) is 0 Å². The minimum atomic E-state index is 0.331. The zero-order valence-electron chi connectivity index (χ0n) is 9.86. The fourth-order valence-electron chi connectivity index (χ4n) is 2.24. The molecule has 0 saturated heterocycles. The molecule has 2 heteroatoms. The number of aliphatic hydroxyl groups is 1. The van der Waals surface area contributed by atoms with Crippen LogP contribution in [0.2, 0.25) is 0 Å². The maximum absolute atomic E-state index is 9.06. The van der Waals surface area contributed by atoms with Crippen molar-refractivity contribution in [1.29, 1.82) is 0 Å². The second-order valence-electron chi connectivity index (χ2n) is 4.76. The van der Waals surface area contributed by atoms with Crippen molar-refractivity contribution in [2.24, 2.45) is 5.92 Å². The molecule has 0 heterocycles. The summed E-state index contributed by atoms with van der Waals surface area (Å²) in [5.74, 6) is 1.47. The predicted molar refractivity (Wildman–Crippen MR) is 64.6 cm³/mol. The molecule has 0 amide bonds. The van der Waals surface area contributed by atoms with Crippen LogP contribution in [0.3, 0.4) is 0 Å². The van der Waals surface area contributed by atoms with E-state index in [1.54, 1.807) is 0 Å². The molecule has 2 rings (SSSR count). The van der Waals surface area contributed by atoms with Gasteiger partial charge in [-0.15, -0.1) is 0 Å². The molecule has 0 spiro atoms.